The molecule has 1 saturated carbocycles. The lowest BCUT2D eigenvalue weighted by atomic mass is 9.91. The van der Waals surface area contributed by atoms with Gasteiger partial charge < -0.3 is 27.2 Å². The number of hydrogen-bond donors (Lipinski definition) is 5. The van der Waals surface area contributed by atoms with Crippen LogP contribution >= 0.6 is 0 Å². The van der Waals surface area contributed by atoms with Gasteiger partial charge in [-0.25, -0.2) is 18.7 Å². The Kier molecular flexibility index (Phi) is 7.76. The number of aryl methyl sites for hydroxylation is 1. The van der Waals surface area contributed by atoms with Gasteiger partial charge in [0.15, 0.2) is 5.69 Å². The second-order valence-electron chi connectivity index (χ2n) is 9.04. The molecule has 1 aliphatic carbocycles. The third-order valence-electron chi connectivity index (χ3n) is 6.42. The molecule has 1 fully saturated rings. The number of amides is 1. The summed E-state index contributed by atoms with van der Waals surface area (Å²) in [5, 5.41) is 16.3. The number of aliphatic hydroxyl groups excluding tert-OH is 1. The fourth-order valence-corrected chi connectivity index (χ4v) is 4.50. The highest BCUT2D eigenvalue weighted by Crippen LogP contribution is 2.30. The van der Waals surface area contributed by atoms with Crippen molar-refractivity contribution in [2.24, 2.45) is 11.5 Å². The highest BCUT2D eigenvalue weighted by molar-refractivity contribution is 5.97. The van der Waals surface area contributed by atoms with Gasteiger partial charge in [-0.05, 0) is 55.2 Å². The molecule has 0 radical (unpaired) electrons. The van der Waals surface area contributed by atoms with Crippen LogP contribution in [-0.2, 0) is 0 Å². The van der Waals surface area contributed by atoms with E-state index in [0.29, 0.717) is 28.5 Å². The van der Waals surface area contributed by atoms with Gasteiger partial charge in [0.25, 0.3) is 12.3 Å². The number of primary amides is 1. The number of nitrogens with two attached hydrogens (primary N) is 2. The van der Waals surface area contributed by atoms with E-state index in [1.807, 2.05) is 0 Å². The van der Waals surface area contributed by atoms with Crippen LogP contribution in [0, 0.1) is 6.92 Å². The van der Waals surface area contributed by atoms with Crippen molar-refractivity contribution < 1.29 is 18.7 Å². The summed E-state index contributed by atoms with van der Waals surface area (Å²) in [6, 6.07) is 11.8. The Morgan fingerprint density at radius 3 is 2.64 bits per heavy atom. The van der Waals surface area contributed by atoms with E-state index in [4.69, 9.17) is 11.5 Å². The zero-order valence-electron chi connectivity index (χ0n) is 19.9. The normalized spacial score (nSPS) is 18.6. The lowest BCUT2D eigenvalue weighted by Crippen LogP contribution is -2.42. The molecular weight excluding hydrogens is 466 g/mol. The van der Waals surface area contributed by atoms with Crippen molar-refractivity contribution in [3.8, 4) is 11.1 Å². The van der Waals surface area contributed by atoms with Crippen LogP contribution in [0.4, 0.5) is 26.0 Å². The van der Waals surface area contributed by atoms with Crippen molar-refractivity contribution in [2.75, 3.05) is 10.6 Å². The van der Waals surface area contributed by atoms with Crippen LogP contribution < -0.4 is 22.1 Å². The minimum Gasteiger partial charge on any atom is -0.382 e. The predicted molar refractivity (Wildman–Crippen MR) is 135 cm³/mol. The summed E-state index contributed by atoms with van der Waals surface area (Å²) in [5.74, 6) is -0.225. The Morgan fingerprint density at radius 1 is 1.17 bits per heavy atom. The fraction of sp³-hybridized carbons (Fsp3) is 0.346. The summed E-state index contributed by atoms with van der Waals surface area (Å²) in [4.78, 5) is 20.8. The van der Waals surface area contributed by atoms with Gasteiger partial charge in [0, 0.05) is 23.3 Å². The van der Waals surface area contributed by atoms with Gasteiger partial charge in [-0.15, -0.1) is 0 Å². The topological polar surface area (TPSA) is 139 Å². The zero-order valence-corrected chi connectivity index (χ0v) is 19.9. The monoisotopic (exact) mass is 496 g/mol. The molecular formula is C26H30F2N6O2. The summed E-state index contributed by atoms with van der Waals surface area (Å²) >= 11 is 0. The average molecular weight is 497 g/mol. The van der Waals surface area contributed by atoms with Crippen molar-refractivity contribution >= 4 is 23.1 Å². The summed E-state index contributed by atoms with van der Waals surface area (Å²) < 4.78 is 25.9. The van der Waals surface area contributed by atoms with Gasteiger partial charge >= 0.3 is 0 Å². The van der Waals surface area contributed by atoms with E-state index in [2.05, 4.69) is 20.6 Å². The van der Waals surface area contributed by atoms with Crippen LogP contribution in [0.5, 0.6) is 0 Å². The number of carbonyl (C=O) groups is 1. The van der Waals surface area contributed by atoms with Gasteiger partial charge in [-0.1, -0.05) is 31.0 Å². The zero-order chi connectivity index (χ0) is 25.8. The van der Waals surface area contributed by atoms with Crippen molar-refractivity contribution in [2.45, 2.75) is 57.2 Å². The second-order valence-corrected chi connectivity index (χ2v) is 9.04. The Hall–Kier alpha value is -3.63. The van der Waals surface area contributed by atoms with E-state index >= 15 is 0 Å². The van der Waals surface area contributed by atoms with Crippen molar-refractivity contribution in [3.63, 3.8) is 0 Å². The molecule has 10 heteroatoms. The summed E-state index contributed by atoms with van der Waals surface area (Å²) in [6.07, 6.45) is 0.955. The van der Waals surface area contributed by atoms with E-state index in [9.17, 15) is 18.7 Å². The number of aliphatic hydroxyl groups is 1. The Bertz CT molecular complexity index is 1240. The molecule has 0 aliphatic heterocycles. The third kappa shape index (κ3) is 5.77. The molecule has 36 heavy (non-hydrogen) atoms. The minimum atomic E-state index is -2.88. The number of aromatic nitrogens is 2. The Labute approximate surface area is 208 Å². The molecule has 0 spiro atoms. The van der Waals surface area contributed by atoms with Crippen molar-refractivity contribution in [1.29, 1.82) is 0 Å². The van der Waals surface area contributed by atoms with Crippen LogP contribution in [0.25, 0.3) is 11.1 Å². The number of halogens is 2. The maximum absolute atomic E-state index is 12.9. The number of pyridine rings is 2. The molecule has 1 aliphatic rings. The molecule has 8 nitrogen and oxygen atoms in total. The molecule has 7 N–H and O–H groups in total. The number of carbonyl (C=O) groups excluding carboxylic acids is 1. The number of nitrogens with zero attached hydrogens (tertiary/aromatic N) is 2. The summed E-state index contributed by atoms with van der Waals surface area (Å²) in [5.41, 5.74) is 15.1. The summed E-state index contributed by atoms with van der Waals surface area (Å²) in [7, 11) is 0. The van der Waals surface area contributed by atoms with Gasteiger partial charge in [0.1, 0.15) is 11.9 Å². The van der Waals surface area contributed by atoms with E-state index in [-0.39, 0.29) is 23.3 Å². The standard InChI is InChI=1S/C26H30F2N6O2/c1-14-18(15-5-4-6-16(11-15)24(35)25(27)28)9-10-22(32-14)34-21-12-17(13-31-23(21)26(30)36)33-20-8-3-2-7-19(20)29/h4-6,9-13,19-20,24-25,33,35H,2-3,7-8,29H2,1H3,(H2,30,36)(H,32,34)/t19-,20+,24?/m0/s1. The van der Waals surface area contributed by atoms with Gasteiger partial charge in [0.05, 0.1) is 17.6 Å². The van der Waals surface area contributed by atoms with Crippen LogP contribution in [0.2, 0.25) is 0 Å². The largest absolute Gasteiger partial charge is 0.382 e. The first-order chi connectivity index (χ1) is 17.2. The van der Waals surface area contributed by atoms with Crippen LogP contribution in [0.3, 0.4) is 0 Å². The molecule has 1 amide bonds. The highest BCUT2D eigenvalue weighted by atomic mass is 19.3. The van der Waals surface area contributed by atoms with Crippen LogP contribution in [0.15, 0.2) is 48.7 Å². The number of rotatable bonds is 8. The predicted octanol–water partition coefficient (Wildman–Crippen LogP) is 4.27. The van der Waals surface area contributed by atoms with E-state index < -0.39 is 18.4 Å². The molecule has 190 valence electrons. The first-order valence-corrected chi connectivity index (χ1v) is 11.9. The molecule has 4 rings (SSSR count). The second kappa shape index (κ2) is 11.0. The van der Waals surface area contributed by atoms with E-state index in [0.717, 1.165) is 31.2 Å². The average Bonchev–Trinajstić information content (AvgIpc) is 2.85. The number of benzene rings is 1. The molecule has 3 atom stereocenters. The number of anilines is 3. The molecule has 2 heterocycles. The maximum Gasteiger partial charge on any atom is 0.269 e. The Balaban J connectivity index is 1.58. The fourth-order valence-electron chi connectivity index (χ4n) is 4.50. The lowest BCUT2D eigenvalue weighted by Gasteiger charge is -2.30. The van der Waals surface area contributed by atoms with Crippen molar-refractivity contribution in [1.82, 2.24) is 9.97 Å². The van der Waals surface area contributed by atoms with Crippen LogP contribution in [-0.4, -0.2) is 39.5 Å². The SMILES string of the molecule is Cc1nc(Nc2cc(N[C@@H]3CCCC[C@@H]3N)cnc2C(N)=O)ccc1-c1cccc(C(O)C(F)F)c1. The number of nitrogens with one attached hydrogen (secondary N) is 2. The lowest BCUT2D eigenvalue weighted by molar-refractivity contribution is -0.00575. The van der Waals surface area contributed by atoms with Gasteiger partial charge in [-0.2, -0.15) is 0 Å². The quantitative estimate of drug-likeness (QED) is 0.314. The van der Waals surface area contributed by atoms with Crippen LogP contribution in [0.1, 0.15) is 53.5 Å². The van der Waals surface area contributed by atoms with Gasteiger partial charge in [-0.3, -0.25) is 4.79 Å². The molecule has 3 aromatic rings. The van der Waals surface area contributed by atoms with E-state index in [1.54, 1.807) is 43.5 Å². The number of hydrogen-bond acceptors (Lipinski definition) is 7. The third-order valence-corrected chi connectivity index (χ3v) is 6.42. The number of alkyl halides is 2. The van der Waals surface area contributed by atoms with Crippen molar-refractivity contribution in [3.05, 3.63) is 65.6 Å². The minimum absolute atomic E-state index is 0.0446. The molecule has 2 aromatic heterocycles. The molecule has 0 bridgehead atoms. The maximum atomic E-state index is 12.9. The molecule has 1 aromatic carbocycles. The first-order valence-electron chi connectivity index (χ1n) is 11.9. The van der Waals surface area contributed by atoms with E-state index in [1.165, 1.54) is 12.1 Å². The molecule has 1 unspecified atom stereocenters. The molecule has 0 saturated heterocycles. The summed E-state index contributed by atoms with van der Waals surface area (Å²) in [6.45, 7) is 1.78. The first kappa shape index (κ1) is 25.5. The Morgan fingerprint density at radius 2 is 1.94 bits per heavy atom. The smallest absolute Gasteiger partial charge is 0.269 e. The van der Waals surface area contributed by atoms with Gasteiger partial charge in [0.2, 0.25) is 0 Å². The highest BCUT2D eigenvalue weighted by Gasteiger charge is 2.23.